The number of carbonyl (C=O) groups is 1. The van der Waals surface area contributed by atoms with Gasteiger partial charge in [0.05, 0.1) is 17.8 Å². The number of aliphatic hydroxyl groups excluding tert-OH is 1. The summed E-state index contributed by atoms with van der Waals surface area (Å²) >= 11 is 0. The lowest BCUT2D eigenvalue weighted by molar-refractivity contribution is -0.136. The van der Waals surface area contributed by atoms with E-state index in [1.165, 1.54) is 17.5 Å². The van der Waals surface area contributed by atoms with E-state index >= 15 is 0 Å². The number of aryl methyl sites for hydroxylation is 2. The number of nitrogens with zero attached hydrogens (tertiary/aromatic N) is 1. The van der Waals surface area contributed by atoms with E-state index in [4.69, 9.17) is 4.74 Å². The van der Waals surface area contributed by atoms with Crippen LogP contribution < -0.4 is 10.1 Å². The third kappa shape index (κ3) is 3.90. The number of aliphatic hydroxyl groups is 1. The zero-order chi connectivity index (χ0) is 19.7. The molecule has 1 atom stereocenters. The van der Waals surface area contributed by atoms with E-state index in [9.17, 15) is 9.90 Å². The number of hydrogen-bond acceptors (Lipinski definition) is 4. The second-order valence-corrected chi connectivity index (χ2v) is 8.49. The van der Waals surface area contributed by atoms with Gasteiger partial charge in [-0.05, 0) is 87.3 Å². The lowest BCUT2D eigenvalue weighted by Gasteiger charge is -2.39. The van der Waals surface area contributed by atoms with Crippen molar-refractivity contribution in [3.05, 3.63) is 59.4 Å². The average molecular weight is 380 g/mol. The van der Waals surface area contributed by atoms with Crippen LogP contribution in [0.4, 0.5) is 0 Å². The Labute approximate surface area is 166 Å². The zero-order valence-corrected chi connectivity index (χ0v) is 16.5. The molecule has 1 amide bonds. The number of aromatic nitrogens is 1. The number of hydrogen-bond donors (Lipinski definition) is 2. The van der Waals surface area contributed by atoms with Crippen LogP contribution in [0.15, 0.2) is 42.6 Å². The Hall–Kier alpha value is -2.40. The number of benzene rings is 1. The molecule has 1 aromatic heterocycles. The van der Waals surface area contributed by atoms with Crippen molar-refractivity contribution >= 4 is 5.91 Å². The van der Waals surface area contributed by atoms with E-state index < -0.39 is 5.60 Å². The predicted molar refractivity (Wildman–Crippen MR) is 107 cm³/mol. The van der Waals surface area contributed by atoms with E-state index in [0.717, 1.165) is 24.3 Å². The van der Waals surface area contributed by atoms with Crippen LogP contribution in [0.1, 0.15) is 56.0 Å². The second kappa shape index (κ2) is 7.55. The molecule has 0 bridgehead atoms. The van der Waals surface area contributed by atoms with Crippen LogP contribution in [0.3, 0.4) is 0 Å². The summed E-state index contributed by atoms with van der Waals surface area (Å²) in [6.45, 7) is 3.58. The van der Waals surface area contributed by atoms with Crippen molar-refractivity contribution < 1.29 is 14.6 Å². The third-order valence-corrected chi connectivity index (χ3v) is 5.90. The van der Waals surface area contributed by atoms with Gasteiger partial charge in [-0.2, -0.15) is 0 Å². The molecular weight excluding hydrogens is 352 g/mol. The maximum absolute atomic E-state index is 13.1. The SMILES string of the molecule is CC(C)(Oc1ccc2c(c1)CCC2)C(=O)NC(c1ccccn1)C1CC(O)C1. The minimum Gasteiger partial charge on any atom is -0.478 e. The zero-order valence-electron chi connectivity index (χ0n) is 16.5. The van der Waals surface area contributed by atoms with Crippen LogP contribution >= 0.6 is 0 Å². The van der Waals surface area contributed by atoms with Gasteiger partial charge in [-0.25, -0.2) is 0 Å². The molecule has 148 valence electrons. The molecule has 1 unspecified atom stereocenters. The molecule has 0 spiro atoms. The topological polar surface area (TPSA) is 71.5 Å². The van der Waals surface area contributed by atoms with Crippen LogP contribution in [-0.4, -0.2) is 27.7 Å². The molecule has 2 aromatic rings. The van der Waals surface area contributed by atoms with Crippen molar-refractivity contribution in [2.24, 2.45) is 5.92 Å². The average Bonchev–Trinajstić information content (AvgIpc) is 3.12. The van der Waals surface area contributed by atoms with Gasteiger partial charge in [0.2, 0.25) is 0 Å². The Morgan fingerprint density at radius 3 is 2.71 bits per heavy atom. The minimum atomic E-state index is -1.01. The summed E-state index contributed by atoms with van der Waals surface area (Å²) in [7, 11) is 0. The highest BCUT2D eigenvalue weighted by Gasteiger charge is 2.39. The lowest BCUT2D eigenvalue weighted by Crippen LogP contribution is -2.50. The highest BCUT2D eigenvalue weighted by Crippen LogP contribution is 2.38. The fraction of sp³-hybridized carbons (Fsp3) is 0.478. The summed E-state index contributed by atoms with van der Waals surface area (Å²) in [4.78, 5) is 17.5. The molecule has 5 nitrogen and oxygen atoms in total. The van der Waals surface area contributed by atoms with Crippen molar-refractivity contribution in [1.29, 1.82) is 0 Å². The van der Waals surface area contributed by atoms with E-state index in [1.54, 1.807) is 20.0 Å². The van der Waals surface area contributed by atoms with Gasteiger partial charge in [-0.1, -0.05) is 12.1 Å². The second-order valence-electron chi connectivity index (χ2n) is 8.49. The molecule has 2 aliphatic rings. The van der Waals surface area contributed by atoms with Crippen molar-refractivity contribution in [3.63, 3.8) is 0 Å². The smallest absolute Gasteiger partial charge is 0.264 e. The molecule has 0 saturated heterocycles. The molecular formula is C23H28N2O3. The molecule has 1 heterocycles. The molecule has 5 heteroatoms. The van der Waals surface area contributed by atoms with Crippen LogP contribution in [0.2, 0.25) is 0 Å². The highest BCUT2D eigenvalue weighted by molar-refractivity contribution is 5.85. The monoisotopic (exact) mass is 380 g/mol. The molecule has 0 radical (unpaired) electrons. The summed E-state index contributed by atoms with van der Waals surface area (Å²) in [6, 6.07) is 11.6. The molecule has 1 fully saturated rings. The van der Waals surface area contributed by atoms with Crippen LogP contribution in [0, 0.1) is 5.92 Å². The molecule has 2 N–H and O–H groups in total. The largest absolute Gasteiger partial charge is 0.478 e. The first-order valence-electron chi connectivity index (χ1n) is 10.1. The first kappa shape index (κ1) is 18.9. The van der Waals surface area contributed by atoms with E-state index in [2.05, 4.69) is 22.4 Å². The molecule has 4 rings (SSSR count). The summed E-state index contributed by atoms with van der Waals surface area (Å²) < 4.78 is 6.10. The number of ether oxygens (including phenoxy) is 1. The Bertz CT molecular complexity index is 844. The Balaban J connectivity index is 1.48. The van der Waals surface area contributed by atoms with Gasteiger partial charge in [-0.15, -0.1) is 0 Å². The summed E-state index contributed by atoms with van der Waals surface area (Å²) in [5.41, 5.74) is 2.51. The molecule has 1 saturated carbocycles. The molecule has 28 heavy (non-hydrogen) atoms. The third-order valence-electron chi connectivity index (χ3n) is 5.90. The number of nitrogens with one attached hydrogen (secondary N) is 1. The van der Waals surface area contributed by atoms with Gasteiger partial charge in [0, 0.05) is 6.20 Å². The van der Waals surface area contributed by atoms with Gasteiger partial charge in [0.1, 0.15) is 5.75 Å². The maximum atomic E-state index is 13.1. The first-order chi connectivity index (χ1) is 13.4. The lowest BCUT2D eigenvalue weighted by atomic mass is 9.76. The summed E-state index contributed by atoms with van der Waals surface area (Å²) in [5, 5.41) is 12.9. The fourth-order valence-electron chi connectivity index (χ4n) is 4.16. The van der Waals surface area contributed by atoms with Gasteiger partial charge in [-0.3, -0.25) is 9.78 Å². The molecule has 1 aromatic carbocycles. The van der Waals surface area contributed by atoms with Gasteiger partial charge >= 0.3 is 0 Å². The number of rotatable bonds is 6. The predicted octanol–water partition coefficient (Wildman–Crippen LogP) is 3.36. The maximum Gasteiger partial charge on any atom is 0.264 e. The molecule has 2 aliphatic carbocycles. The standard InChI is InChI=1S/C23H28N2O3/c1-23(2,28-19-10-9-15-6-5-7-16(15)14-19)22(27)25-21(17-12-18(26)13-17)20-8-3-4-11-24-20/h3-4,8-11,14,17-18,21,26H,5-7,12-13H2,1-2H3,(H,25,27). The Kier molecular flexibility index (Phi) is 5.11. The van der Waals surface area contributed by atoms with Crippen molar-refractivity contribution in [1.82, 2.24) is 10.3 Å². The number of carbonyl (C=O) groups excluding carboxylic acids is 1. The van der Waals surface area contributed by atoms with Crippen LogP contribution in [-0.2, 0) is 17.6 Å². The van der Waals surface area contributed by atoms with Gasteiger partial charge < -0.3 is 15.2 Å². The number of amides is 1. The van der Waals surface area contributed by atoms with Crippen LogP contribution in [0.5, 0.6) is 5.75 Å². The van der Waals surface area contributed by atoms with E-state index in [-0.39, 0.29) is 24.0 Å². The first-order valence-corrected chi connectivity index (χ1v) is 10.1. The minimum absolute atomic E-state index is 0.176. The molecule has 0 aliphatic heterocycles. The van der Waals surface area contributed by atoms with E-state index in [0.29, 0.717) is 12.8 Å². The van der Waals surface area contributed by atoms with E-state index in [1.807, 2.05) is 24.3 Å². The summed E-state index contributed by atoms with van der Waals surface area (Å²) in [6.07, 6.45) is 6.17. The van der Waals surface area contributed by atoms with Gasteiger partial charge in [0.25, 0.3) is 5.91 Å². The Morgan fingerprint density at radius 1 is 1.21 bits per heavy atom. The fourth-order valence-corrected chi connectivity index (χ4v) is 4.16. The van der Waals surface area contributed by atoms with Crippen molar-refractivity contribution in [2.75, 3.05) is 0 Å². The van der Waals surface area contributed by atoms with Gasteiger partial charge in [0.15, 0.2) is 5.60 Å². The van der Waals surface area contributed by atoms with Crippen molar-refractivity contribution in [2.45, 2.75) is 63.7 Å². The highest BCUT2D eigenvalue weighted by atomic mass is 16.5. The number of fused-ring (bicyclic) bond motifs is 1. The number of pyridine rings is 1. The quantitative estimate of drug-likeness (QED) is 0.806. The summed E-state index contributed by atoms with van der Waals surface area (Å²) in [5.74, 6) is 0.740. The van der Waals surface area contributed by atoms with Crippen molar-refractivity contribution in [3.8, 4) is 5.75 Å². The normalized spacial score (nSPS) is 22.1. The Morgan fingerprint density at radius 2 is 2.00 bits per heavy atom. The van der Waals surface area contributed by atoms with Crippen LogP contribution in [0.25, 0.3) is 0 Å².